The molecule has 3 amide bonds. The van der Waals surface area contributed by atoms with Gasteiger partial charge in [-0.3, -0.25) is 4.79 Å². The van der Waals surface area contributed by atoms with Crippen LogP contribution < -0.4 is 20.7 Å². The Hall–Kier alpha value is -3.23. The highest BCUT2D eigenvalue weighted by atomic mass is 19.3. The Bertz CT molecular complexity index is 799. The van der Waals surface area contributed by atoms with Crippen molar-refractivity contribution in [3.05, 3.63) is 59.9 Å². The van der Waals surface area contributed by atoms with Gasteiger partial charge in [-0.2, -0.15) is 8.78 Å². The highest BCUT2D eigenvalue weighted by molar-refractivity contribution is 5.97. The number of amides is 3. The summed E-state index contributed by atoms with van der Waals surface area (Å²) in [5.41, 5.74) is 1.09. The molecule has 2 aromatic rings. The smallest absolute Gasteiger partial charge is 0.387 e. The van der Waals surface area contributed by atoms with Gasteiger partial charge in [0, 0.05) is 12.2 Å². The summed E-state index contributed by atoms with van der Waals surface area (Å²) in [4.78, 5) is 24.6. The molecule has 3 N–H and O–H groups in total. The minimum atomic E-state index is -2.93. The molecule has 0 bridgehead atoms. The van der Waals surface area contributed by atoms with E-state index in [-0.39, 0.29) is 18.1 Å². The normalized spacial score (nSPS) is 11.6. The van der Waals surface area contributed by atoms with Crippen LogP contribution in [0.2, 0.25) is 0 Å². The quantitative estimate of drug-likeness (QED) is 0.585. The number of anilines is 1. The molecule has 9 heteroatoms. The topological polar surface area (TPSA) is 79.5 Å². The van der Waals surface area contributed by atoms with Gasteiger partial charge in [-0.1, -0.05) is 25.5 Å². The van der Waals surface area contributed by atoms with Crippen molar-refractivity contribution in [2.75, 3.05) is 5.32 Å². The van der Waals surface area contributed by atoms with Gasteiger partial charge in [-0.25, -0.2) is 9.18 Å². The number of carbonyl (C=O) groups excluding carboxylic acids is 2. The van der Waals surface area contributed by atoms with Crippen LogP contribution in [0, 0.1) is 5.82 Å². The molecule has 0 radical (unpaired) electrons. The fraction of sp³-hybridized carbons (Fsp3) is 0.300. The van der Waals surface area contributed by atoms with Gasteiger partial charge >= 0.3 is 12.6 Å². The van der Waals surface area contributed by atoms with Crippen LogP contribution in [0.15, 0.2) is 48.5 Å². The van der Waals surface area contributed by atoms with E-state index < -0.39 is 24.6 Å². The first-order valence-corrected chi connectivity index (χ1v) is 9.02. The summed E-state index contributed by atoms with van der Waals surface area (Å²) in [5, 5.41) is 7.84. The van der Waals surface area contributed by atoms with E-state index in [0.29, 0.717) is 24.1 Å². The van der Waals surface area contributed by atoms with Crippen LogP contribution in [0.4, 0.5) is 23.7 Å². The fourth-order valence-corrected chi connectivity index (χ4v) is 2.50. The van der Waals surface area contributed by atoms with E-state index in [0.717, 1.165) is 0 Å². The van der Waals surface area contributed by atoms with Crippen molar-refractivity contribution in [2.24, 2.45) is 0 Å². The number of benzene rings is 2. The summed E-state index contributed by atoms with van der Waals surface area (Å²) in [7, 11) is 0. The van der Waals surface area contributed by atoms with Crippen molar-refractivity contribution in [1.29, 1.82) is 0 Å². The van der Waals surface area contributed by atoms with Crippen LogP contribution in [0.1, 0.15) is 25.3 Å². The Kier molecular flexibility index (Phi) is 8.32. The van der Waals surface area contributed by atoms with Crippen LogP contribution in [0.25, 0.3) is 0 Å². The molecule has 0 saturated heterocycles. The number of carbonyl (C=O) groups is 2. The van der Waals surface area contributed by atoms with Gasteiger partial charge in [0.15, 0.2) is 0 Å². The van der Waals surface area contributed by atoms with E-state index in [9.17, 15) is 22.8 Å². The van der Waals surface area contributed by atoms with Crippen LogP contribution in [0.5, 0.6) is 5.75 Å². The van der Waals surface area contributed by atoms with Crippen molar-refractivity contribution in [3.63, 3.8) is 0 Å². The second kappa shape index (κ2) is 10.9. The first-order chi connectivity index (χ1) is 13.9. The Balaban J connectivity index is 1.88. The minimum absolute atomic E-state index is 0.0265. The third kappa shape index (κ3) is 7.73. The third-order valence-corrected chi connectivity index (χ3v) is 3.91. The second-order valence-corrected chi connectivity index (χ2v) is 6.19. The van der Waals surface area contributed by atoms with E-state index >= 15 is 0 Å². The van der Waals surface area contributed by atoms with Gasteiger partial charge in [-0.15, -0.1) is 0 Å². The largest absolute Gasteiger partial charge is 0.435 e. The summed E-state index contributed by atoms with van der Waals surface area (Å²) >= 11 is 0. The van der Waals surface area contributed by atoms with Gasteiger partial charge in [0.05, 0.1) is 0 Å². The van der Waals surface area contributed by atoms with Crippen LogP contribution >= 0.6 is 0 Å². The lowest BCUT2D eigenvalue weighted by atomic mass is 10.1. The summed E-state index contributed by atoms with van der Waals surface area (Å²) < 4.78 is 41.5. The summed E-state index contributed by atoms with van der Waals surface area (Å²) in [6.07, 6.45) is 1.06. The number of rotatable bonds is 9. The number of nitrogens with one attached hydrogen (secondary N) is 3. The zero-order chi connectivity index (χ0) is 21.2. The summed E-state index contributed by atoms with van der Waals surface area (Å²) in [6, 6.07) is 9.81. The standard InChI is InChI=1S/C20H22F3N3O3/c1-2-3-17(26-20(28)24-12-13-4-6-14(21)7-5-13)18(27)25-15-8-10-16(11-9-15)29-19(22)23/h4-11,17,19H,2-3,12H2,1H3,(H,25,27)(H2,24,26,28). The van der Waals surface area contributed by atoms with E-state index in [1.54, 1.807) is 12.1 Å². The van der Waals surface area contributed by atoms with Gasteiger partial charge in [-0.05, 0) is 48.4 Å². The average molecular weight is 409 g/mol. The molecule has 0 spiro atoms. The lowest BCUT2D eigenvalue weighted by Gasteiger charge is -2.18. The fourth-order valence-electron chi connectivity index (χ4n) is 2.50. The van der Waals surface area contributed by atoms with Gasteiger partial charge in [0.1, 0.15) is 17.6 Å². The number of urea groups is 1. The Morgan fingerprint density at radius 2 is 1.69 bits per heavy atom. The van der Waals surface area contributed by atoms with Crippen LogP contribution in [-0.4, -0.2) is 24.6 Å². The first kappa shape index (κ1) is 22.1. The molecule has 0 aliphatic carbocycles. The zero-order valence-electron chi connectivity index (χ0n) is 15.8. The predicted molar refractivity (Wildman–Crippen MR) is 102 cm³/mol. The van der Waals surface area contributed by atoms with Gasteiger partial charge in [0.2, 0.25) is 5.91 Å². The molecule has 156 valence electrons. The minimum Gasteiger partial charge on any atom is -0.435 e. The first-order valence-electron chi connectivity index (χ1n) is 9.02. The monoisotopic (exact) mass is 409 g/mol. The predicted octanol–water partition coefficient (Wildman–Crippen LogP) is 4.03. The van der Waals surface area contributed by atoms with Gasteiger partial charge in [0.25, 0.3) is 0 Å². The van der Waals surface area contributed by atoms with Crippen molar-refractivity contribution < 1.29 is 27.5 Å². The lowest BCUT2D eigenvalue weighted by molar-refractivity contribution is -0.118. The van der Waals surface area contributed by atoms with E-state index in [1.807, 2.05) is 6.92 Å². The number of alkyl halides is 2. The highest BCUT2D eigenvalue weighted by Crippen LogP contribution is 2.18. The maximum Gasteiger partial charge on any atom is 0.387 e. The maximum atomic E-state index is 12.9. The number of hydrogen-bond donors (Lipinski definition) is 3. The maximum absolute atomic E-state index is 12.9. The zero-order valence-corrected chi connectivity index (χ0v) is 15.8. The lowest BCUT2D eigenvalue weighted by Crippen LogP contribution is -2.47. The number of halogens is 3. The van der Waals surface area contributed by atoms with E-state index in [2.05, 4.69) is 20.7 Å². The van der Waals surface area contributed by atoms with Gasteiger partial charge < -0.3 is 20.7 Å². The van der Waals surface area contributed by atoms with Crippen molar-refractivity contribution in [3.8, 4) is 5.75 Å². The average Bonchev–Trinajstić information content (AvgIpc) is 2.68. The molecular formula is C20H22F3N3O3. The molecule has 0 fully saturated rings. The van der Waals surface area contributed by atoms with Crippen molar-refractivity contribution in [1.82, 2.24) is 10.6 Å². The summed E-state index contributed by atoms with van der Waals surface area (Å²) in [6.45, 7) is -0.880. The molecule has 29 heavy (non-hydrogen) atoms. The van der Waals surface area contributed by atoms with Crippen molar-refractivity contribution in [2.45, 2.75) is 39.0 Å². The molecule has 6 nitrogen and oxygen atoms in total. The summed E-state index contributed by atoms with van der Waals surface area (Å²) in [5.74, 6) is -0.834. The highest BCUT2D eigenvalue weighted by Gasteiger charge is 2.20. The number of hydrogen-bond acceptors (Lipinski definition) is 3. The molecule has 0 saturated carbocycles. The van der Waals surface area contributed by atoms with E-state index in [4.69, 9.17) is 0 Å². The van der Waals surface area contributed by atoms with Crippen LogP contribution in [0.3, 0.4) is 0 Å². The molecule has 1 atom stereocenters. The molecule has 0 aliphatic rings. The van der Waals surface area contributed by atoms with Crippen LogP contribution in [-0.2, 0) is 11.3 Å². The second-order valence-electron chi connectivity index (χ2n) is 6.19. The van der Waals surface area contributed by atoms with Crippen molar-refractivity contribution >= 4 is 17.6 Å². The van der Waals surface area contributed by atoms with E-state index in [1.165, 1.54) is 36.4 Å². The molecule has 0 aromatic heterocycles. The third-order valence-electron chi connectivity index (χ3n) is 3.91. The molecule has 2 aromatic carbocycles. The Labute approximate surface area is 166 Å². The molecule has 0 heterocycles. The molecule has 0 aliphatic heterocycles. The number of ether oxygens (including phenoxy) is 1. The molecule has 2 rings (SSSR count). The Morgan fingerprint density at radius 1 is 1.03 bits per heavy atom. The Morgan fingerprint density at radius 3 is 2.28 bits per heavy atom. The molecular weight excluding hydrogens is 387 g/mol. The molecule has 1 unspecified atom stereocenters. The SMILES string of the molecule is CCCC(NC(=O)NCc1ccc(F)cc1)C(=O)Nc1ccc(OC(F)F)cc1.